The van der Waals surface area contributed by atoms with Crippen LogP contribution in [0.1, 0.15) is 43.2 Å². The molecule has 2 aromatic carbocycles. The first-order valence-electron chi connectivity index (χ1n) is 11.1. The summed E-state index contributed by atoms with van der Waals surface area (Å²) in [7, 11) is 0. The summed E-state index contributed by atoms with van der Waals surface area (Å²) in [4.78, 5) is 29.9. The second-order valence-electron chi connectivity index (χ2n) is 8.71. The molecule has 6 heteroatoms. The Hall–Kier alpha value is -2.73. The van der Waals surface area contributed by atoms with Gasteiger partial charge in [0.2, 0.25) is 11.8 Å². The third-order valence-electron chi connectivity index (χ3n) is 6.40. The Kier molecular flexibility index (Phi) is 6.66. The summed E-state index contributed by atoms with van der Waals surface area (Å²) in [5.41, 5.74) is 2.94. The lowest BCUT2D eigenvalue weighted by Crippen LogP contribution is -2.49. The van der Waals surface area contributed by atoms with Gasteiger partial charge in [-0.2, -0.15) is 0 Å². The highest BCUT2D eigenvalue weighted by Crippen LogP contribution is 2.31. The molecule has 0 bridgehead atoms. The summed E-state index contributed by atoms with van der Waals surface area (Å²) in [6, 6.07) is 14.5. The minimum absolute atomic E-state index is 0.106. The Morgan fingerprint density at radius 3 is 2.68 bits per heavy atom. The minimum atomic E-state index is -0.326. The van der Waals surface area contributed by atoms with Crippen molar-refractivity contribution in [1.82, 2.24) is 9.80 Å². The molecule has 0 radical (unpaired) electrons. The van der Waals surface area contributed by atoms with Crippen molar-refractivity contribution in [3.63, 3.8) is 0 Å². The van der Waals surface area contributed by atoms with Crippen LogP contribution in [0.4, 0.5) is 10.1 Å². The average molecular weight is 424 g/mol. The molecule has 2 atom stereocenters. The summed E-state index contributed by atoms with van der Waals surface area (Å²) in [5.74, 6) is -0.215. The Bertz CT molecular complexity index is 931. The number of hydrogen-bond donors (Lipinski definition) is 1. The molecule has 0 aliphatic carbocycles. The number of carbonyl (C=O) groups is 2. The largest absolute Gasteiger partial charge is 0.334 e. The smallest absolute Gasteiger partial charge is 0.238 e. The van der Waals surface area contributed by atoms with Gasteiger partial charge in [0.15, 0.2) is 0 Å². The molecule has 5 nitrogen and oxygen atoms in total. The molecule has 0 saturated carbocycles. The van der Waals surface area contributed by atoms with Crippen molar-refractivity contribution in [2.45, 2.75) is 57.7 Å². The van der Waals surface area contributed by atoms with Gasteiger partial charge >= 0.3 is 0 Å². The van der Waals surface area contributed by atoms with Crippen molar-refractivity contribution in [2.24, 2.45) is 0 Å². The van der Waals surface area contributed by atoms with Crippen LogP contribution < -0.4 is 5.32 Å². The lowest BCUT2D eigenvalue weighted by atomic mass is 9.96. The number of hydrogen-bond acceptors (Lipinski definition) is 3. The molecule has 2 amide bonds. The number of halogens is 1. The number of rotatable bonds is 5. The van der Waals surface area contributed by atoms with E-state index >= 15 is 0 Å². The van der Waals surface area contributed by atoms with Crippen LogP contribution in [0.5, 0.6) is 0 Å². The van der Waals surface area contributed by atoms with E-state index in [9.17, 15) is 14.0 Å². The first kappa shape index (κ1) is 21.5. The lowest BCUT2D eigenvalue weighted by molar-refractivity contribution is -0.135. The Balaban J connectivity index is 1.45. The van der Waals surface area contributed by atoms with E-state index in [0.717, 1.165) is 37.8 Å². The van der Waals surface area contributed by atoms with E-state index in [-0.39, 0.29) is 36.3 Å². The second kappa shape index (κ2) is 9.60. The van der Waals surface area contributed by atoms with Crippen molar-refractivity contribution in [3.05, 3.63) is 65.5 Å². The normalized spacial score (nSPS) is 22.0. The molecule has 2 saturated heterocycles. The maximum Gasteiger partial charge on any atom is 0.238 e. The van der Waals surface area contributed by atoms with Crippen LogP contribution >= 0.6 is 0 Å². The van der Waals surface area contributed by atoms with Crippen LogP contribution in [0, 0.1) is 12.7 Å². The number of likely N-dealkylation sites (tertiary alicyclic amines) is 2. The van der Waals surface area contributed by atoms with Crippen molar-refractivity contribution >= 4 is 17.5 Å². The van der Waals surface area contributed by atoms with E-state index in [4.69, 9.17) is 0 Å². The number of amides is 2. The molecule has 2 aliphatic rings. The molecule has 4 rings (SSSR count). The van der Waals surface area contributed by atoms with Crippen LogP contribution in [-0.2, 0) is 16.1 Å². The summed E-state index contributed by atoms with van der Waals surface area (Å²) in [5, 5.41) is 2.86. The van der Waals surface area contributed by atoms with Gasteiger partial charge in [0.25, 0.3) is 0 Å². The topological polar surface area (TPSA) is 52.7 Å². The molecular weight excluding hydrogens is 393 g/mol. The number of benzene rings is 2. The molecule has 2 aromatic rings. The zero-order valence-electron chi connectivity index (χ0n) is 18.0. The molecule has 0 unspecified atom stereocenters. The van der Waals surface area contributed by atoms with Gasteiger partial charge in [-0.05, 0) is 56.0 Å². The highest BCUT2D eigenvalue weighted by molar-refractivity contribution is 5.92. The summed E-state index contributed by atoms with van der Waals surface area (Å²) >= 11 is 0. The van der Waals surface area contributed by atoms with Crippen LogP contribution in [0.25, 0.3) is 0 Å². The molecular formula is C25H30FN3O2. The van der Waals surface area contributed by atoms with Crippen molar-refractivity contribution in [1.29, 1.82) is 0 Å². The maximum absolute atomic E-state index is 13.1. The molecule has 31 heavy (non-hydrogen) atoms. The van der Waals surface area contributed by atoms with Gasteiger partial charge in [-0.1, -0.05) is 36.2 Å². The molecule has 0 spiro atoms. The van der Waals surface area contributed by atoms with Gasteiger partial charge in [-0.15, -0.1) is 0 Å². The number of fused-ring (bicyclic) bond motifs is 1. The number of anilines is 1. The third kappa shape index (κ3) is 5.31. The predicted octanol–water partition coefficient (Wildman–Crippen LogP) is 4.12. The predicted molar refractivity (Wildman–Crippen MR) is 119 cm³/mol. The maximum atomic E-state index is 13.1. The van der Waals surface area contributed by atoms with E-state index < -0.39 is 0 Å². The molecule has 2 fully saturated rings. The SMILES string of the molecule is Cc1cccc(CN2C(=O)CCCC[C@@H]3[C@@H]2CCN3CC(=O)Nc2ccc(F)cc2)c1. The van der Waals surface area contributed by atoms with E-state index in [1.165, 1.54) is 17.7 Å². The molecule has 2 aliphatic heterocycles. The molecule has 2 heterocycles. The Labute approximate surface area is 183 Å². The van der Waals surface area contributed by atoms with Gasteiger partial charge in [0.05, 0.1) is 6.54 Å². The minimum Gasteiger partial charge on any atom is -0.334 e. The number of aryl methyl sites for hydroxylation is 1. The van der Waals surface area contributed by atoms with Gasteiger partial charge in [-0.3, -0.25) is 14.5 Å². The number of nitrogens with one attached hydrogen (secondary N) is 1. The van der Waals surface area contributed by atoms with E-state index in [1.54, 1.807) is 12.1 Å². The van der Waals surface area contributed by atoms with Gasteiger partial charge < -0.3 is 10.2 Å². The van der Waals surface area contributed by atoms with Gasteiger partial charge in [-0.25, -0.2) is 4.39 Å². The van der Waals surface area contributed by atoms with E-state index in [1.807, 2.05) is 6.07 Å². The molecule has 164 valence electrons. The van der Waals surface area contributed by atoms with Crippen LogP contribution in [-0.4, -0.2) is 46.8 Å². The fourth-order valence-corrected chi connectivity index (χ4v) is 4.92. The van der Waals surface area contributed by atoms with Crippen molar-refractivity contribution < 1.29 is 14.0 Å². The Morgan fingerprint density at radius 2 is 1.90 bits per heavy atom. The Morgan fingerprint density at radius 1 is 1.10 bits per heavy atom. The van der Waals surface area contributed by atoms with Crippen molar-refractivity contribution in [2.75, 3.05) is 18.4 Å². The second-order valence-corrected chi connectivity index (χ2v) is 8.71. The number of carbonyl (C=O) groups excluding carboxylic acids is 2. The fourth-order valence-electron chi connectivity index (χ4n) is 4.92. The summed E-state index contributed by atoms with van der Waals surface area (Å²) in [6.07, 6.45) is 4.36. The highest BCUT2D eigenvalue weighted by Gasteiger charge is 2.40. The third-order valence-corrected chi connectivity index (χ3v) is 6.40. The first-order valence-corrected chi connectivity index (χ1v) is 11.1. The summed E-state index contributed by atoms with van der Waals surface area (Å²) in [6.45, 7) is 3.77. The van der Waals surface area contributed by atoms with Crippen LogP contribution in [0.15, 0.2) is 48.5 Å². The van der Waals surface area contributed by atoms with Gasteiger partial charge in [0.1, 0.15) is 5.82 Å². The summed E-state index contributed by atoms with van der Waals surface area (Å²) < 4.78 is 13.1. The molecule has 1 N–H and O–H groups in total. The lowest BCUT2D eigenvalue weighted by Gasteiger charge is -2.37. The molecule has 0 aromatic heterocycles. The zero-order chi connectivity index (χ0) is 21.8. The number of nitrogens with zero attached hydrogens (tertiary/aromatic N) is 2. The standard InChI is InChI=1S/C25H30FN3O2/c1-18-5-4-6-19(15-18)16-29-23-13-14-28(22(23)7-2-3-8-25(29)31)17-24(30)27-21-11-9-20(26)10-12-21/h4-6,9-12,15,22-23H,2-3,7-8,13-14,16-17H2,1H3,(H,27,30)/t22-,23+/m1/s1. The zero-order valence-corrected chi connectivity index (χ0v) is 18.0. The van der Waals surface area contributed by atoms with Crippen molar-refractivity contribution in [3.8, 4) is 0 Å². The highest BCUT2D eigenvalue weighted by atomic mass is 19.1. The van der Waals surface area contributed by atoms with Gasteiger partial charge in [0, 0.05) is 37.3 Å². The van der Waals surface area contributed by atoms with Crippen LogP contribution in [0.3, 0.4) is 0 Å². The monoisotopic (exact) mass is 423 g/mol. The first-order chi connectivity index (χ1) is 15.0. The average Bonchev–Trinajstić information content (AvgIpc) is 3.11. The van der Waals surface area contributed by atoms with E-state index in [0.29, 0.717) is 18.7 Å². The van der Waals surface area contributed by atoms with Crippen LogP contribution in [0.2, 0.25) is 0 Å². The quantitative estimate of drug-likeness (QED) is 0.787. The van der Waals surface area contributed by atoms with E-state index in [2.05, 4.69) is 40.2 Å². The fraction of sp³-hybridized carbons (Fsp3) is 0.440.